The van der Waals surface area contributed by atoms with Crippen LogP contribution in [0.3, 0.4) is 0 Å². The van der Waals surface area contributed by atoms with E-state index < -0.39 is 5.60 Å². The van der Waals surface area contributed by atoms with Gasteiger partial charge in [-0.2, -0.15) is 10.4 Å². The second-order valence-corrected chi connectivity index (χ2v) is 11.8. The van der Waals surface area contributed by atoms with Crippen molar-refractivity contribution in [2.24, 2.45) is 40.9 Å². The predicted molar refractivity (Wildman–Crippen MR) is 121 cm³/mol. The second kappa shape index (κ2) is 7.95. The number of nitriles is 1. The lowest BCUT2D eigenvalue weighted by Gasteiger charge is -2.59. The fraction of sp³-hybridized carbons (Fsp3) is 0.808. The van der Waals surface area contributed by atoms with Crippen LogP contribution in [0.25, 0.3) is 0 Å². The number of hydrogen-bond acceptors (Lipinski definition) is 5. The van der Waals surface area contributed by atoms with Gasteiger partial charge in [0.15, 0.2) is 5.78 Å². The Morgan fingerprint density at radius 2 is 2.06 bits per heavy atom. The third kappa shape index (κ3) is 3.53. The van der Waals surface area contributed by atoms with Crippen LogP contribution in [0.4, 0.5) is 0 Å². The minimum Gasteiger partial charge on any atom is -0.390 e. The third-order valence-electron chi connectivity index (χ3n) is 10.1. The highest BCUT2D eigenvalue weighted by atomic mass is 16.3. The number of hydrogen-bond donors (Lipinski definition) is 2. The number of carbonyl (C=O) groups excluding carboxylic acids is 1. The van der Waals surface area contributed by atoms with Crippen molar-refractivity contribution in [2.75, 3.05) is 7.05 Å². The molecular formula is C26H38N4O2. The number of ketones is 1. The van der Waals surface area contributed by atoms with Crippen molar-refractivity contribution in [1.82, 2.24) is 15.1 Å². The lowest BCUT2D eigenvalue weighted by atomic mass is 9.47. The summed E-state index contributed by atoms with van der Waals surface area (Å²) >= 11 is 0. The van der Waals surface area contributed by atoms with Crippen molar-refractivity contribution in [3.05, 3.63) is 18.0 Å². The van der Waals surface area contributed by atoms with E-state index >= 15 is 0 Å². The molecule has 0 saturated heterocycles. The van der Waals surface area contributed by atoms with Gasteiger partial charge in [-0.15, -0.1) is 0 Å². The third-order valence-corrected chi connectivity index (χ3v) is 10.1. The van der Waals surface area contributed by atoms with Crippen molar-refractivity contribution >= 4 is 5.78 Å². The summed E-state index contributed by atoms with van der Waals surface area (Å²) in [6.45, 7) is 4.68. The zero-order valence-electron chi connectivity index (χ0n) is 19.8. The largest absolute Gasteiger partial charge is 0.390 e. The van der Waals surface area contributed by atoms with E-state index in [0.29, 0.717) is 41.2 Å². The molecule has 1 heterocycles. The van der Waals surface area contributed by atoms with Crippen LogP contribution in [0.5, 0.6) is 0 Å². The van der Waals surface area contributed by atoms with Crippen LogP contribution in [0.1, 0.15) is 70.8 Å². The van der Waals surface area contributed by atoms with E-state index in [-0.39, 0.29) is 23.7 Å². The fourth-order valence-electron chi connectivity index (χ4n) is 8.81. The molecule has 0 bridgehead atoms. The first-order valence-corrected chi connectivity index (χ1v) is 12.6. The van der Waals surface area contributed by atoms with Gasteiger partial charge in [0, 0.05) is 18.2 Å². The molecule has 6 nitrogen and oxygen atoms in total. The Hall–Kier alpha value is -1.71. The Kier molecular flexibility index (Phi) is 5.49. The molecule has 32 heavy (non-hydrogen) atoms. The summed E-state index contributed by atoms with van der Waals surface area (Å²) in [4.78, 5) is 13.4. The highest BCUT2D eigenvalue weighted by molar-refractivity contribution is 5.82. The maximum Gasteiger partial charge on any atom is 0.157 e. The van der Waals surface area contributed by atoms with Crippen molar-refractivity contribution in [3.63, 3.8) is 0 Å². The molecule has 174 valence electrons. The molecule has 0 radical (unpaired) electrons. The summed E-state index contributed by atoms with van der Waals surface area (Å²) in [6, 6.07) is 2.54. The first-order valence-electron chi connectivity index (χ1n) is 12.6. The Morgan fingerprint density at radius 1 is 1.25 bits per heavy atom. The van der Waals surface area contributed by atoms with Crippen LogP contribution < -0.4 is 5.32 Å². The monoisotopic (exact) mass is 438 g/mol. The molecule has 4 fully saturated rings. The quantitative estimate of drug-likeness (QED) is 0.750. The van der Waals surface area contributed by atoms with E-state index in [1.165, 1.54) is 19.0 Å². The van der Waals surface area contributed by atoms with Crippen LogP contribution in [0.15, 0.2) is 12.4 Å². The molecule has 1 aromatic rings. The van der Waals surface area contributed by atoms with Crippen molar-refractivity contribution in [3.8, 4) is 6.07 Å². The summed E-state index contributed by atoms with van der Waals surface area (Å²) in [5.41, 5.74) is 0.0477. The maximum absolute atomic E-state index is 13.4. The summed E-state index contributed by atoms with van der Waals surface area (Å²) in [7, 11) is 2.10. The Morgan fingerprint density at radius 3 is 2.78 bits per heavy atom. The number of aliphatic hydroxyl groups is 1. The number of carbonyl (C=O) groups is 1. The number of aromatic nitrogens is 2. The normalized spacial score (nSPS) is 45.4. The number of nitrogens with one attached hydrogen (secondary N) is 1. The molecule has 0 spiro atoms. The lowest BCUT2D eigenvalue weighted by molar-refractivity contribution is -0.136. The van der Waals surface area contributed by atoms with Gasteiger partial charge in [0.2, 0.25) is 0 Å². The second-order valence-electron chi connectivity index (χ2n) is 11.8. The first-order chi connectivity index (χ1) is 15.3. The summed E-state index contributed by atoms with van der Waals surface area (Å²) in [5, 5.41) is 27.6. The van der Waals surface area contributed by atoms with E-state index in [1.807, 2.05) is 6.92 Å². The molecule has 0 aliphatic heterocycles. The zero-order chi connectivity index (χ0) is 22.7. The zero-order valence-corrected chi connectivity index (χ0v) is 19.8. The van der Waals surface area contributed by atoms with Crippen molar-refractivity contribution in [2.45, 2.75) is 83.4 Å². The van der Waals surface area contributed by atoms with E-state index in [1.54, 1.807) is 10.9 Å². The minimum atomic E-state index is -0.491. The standard InChI is InChI=1S/C26H38N4O2/c1-25(32)9-8-18-17(10-25)4-5-19-20-6-7-21(26(20,2)11-22(28-3)24(18)19)23(31)15-30-14-16(12-27)13-29-30/h13-14,17-22,24,28,32H,4-11,15H2,1-3H3/t17-,18+,19+,20+,21-,22?,24-,25-,26+/m1/s1. The molecule has 4 saturated carbocycles. The number of Topliss-reactive ketones (excluding diaryl/α,β-unsaturated/α-hetero) is 1. The molecule has 4 aliphatic carbocycles. The van der Waals surface area contributed by atoms with Gasteiger partial charge in [0.05, 0.1) is 23.9 Å². The first kappa shape index (κ1) is 22.1. The van der Waals surface area contributed by atoms with E-state index in [0.717, 1.165) is 38.5 Å². The predicted octanol–water partition coefficient (Wildman–Crippen LogP) is 3.54. The Balaban J connectivity index is 1.37. The summed E-state index contributed by atoms with van der Waals surface area (Å²) in [5.74, 6) is 3.67. The molecule has 0 amide bonds. The summed E-state index contributed by atoms with van der Waals surface area (Å²) < 4.78 is 1.64. The van der Waals surface area contributed by atoms with E-state index in [2.05, 4.69) is 30.5 Å². The lowest BCUT2D eigenvalue weighted by Crippen LogP contribution is -2.59. The van der Waals surface area contributed by atoms with Gasteiger partial charge in [-0.05, 0) is 100 Å². The molecule has 2 N–H and O–H groups in total. The van der Waals surface area contributed by atoms with Gasteiger partial charge < -0.3 is 10.4 Å². The number of fused-ring (bicyclic) bond motifs is 5. The van der Waals surface area contributed by atoms with Crippen LogP contribution >= 0.6 is 0 Å². The van der Waals surface area contributed by atoms with Gasteiger partial charge in [0.1, 0.15) is 6.07 Å². The number of nitrogens with zero attached hydrogens (tertiary/aromatic N) is 3. The van der Waals surface area contributed by atoms with E-state index in [4.69, 9.17) is 5.26 Å². The molecule has 9 atom stereocenters. The van der Waals surface area contributed by atoms with Gasteiger partial charge in [-0.1, -0.05) is 6.92 Å². The van der Waals surface area contributed by atoms with Crippen molar-refractivity contribution in [1.29, 1.82) is 5.26 Å². The summed E-state index contributed by atoms with van der Waals surface area (Å²) in [6.07, 6.45) is 11.9. The van der Waals surface area contributed by atoms with E-state index in [9.17, 15) is 9.90 Å². The topological polar surface area (TPSA) is 90.9 Å². The van der Waals surface area contributed by atoms with Crippen LogP contribution in [-0.2, 0) is 11.3 Å². The smallest absolute Gasteiger partial charge is 0.157 e. The number of rotatable bonds is 4. The SMILES string of the molecule is CNC1C[C@]2(C)[C@@H](C(=O)Cn3cc(C#N)cn3)CC[C@H]2[C@@H]2CC[C@@H]3C[C@](C)(O)CC[C@@H]3[C@@H]12. The molecule has 4 aliphatic rings. The molecular weight excluding hydrogens is 400 g/mol. The van der Waals surface area contributed by atoms with Gasteiger partial charge in [0.25, 0.3) is 0 Å². The molecule has 1 unspecified atom stereocenters. The molecule has 5 rings (SSSR count). The molecule has 0 aromatic carbocycles. The minimum absolute atomic E-state index is 0.0319. The van der Waals surface area contributed by atoms with Crippen LogP contribution in [0, 0.1) is 52.3 Å². The molecule has 1 aromatic heterocycles. The average molecular weight is 439 g/mol. The Bertz CT molecular complexity index is 917. The van der Waals surface area contributed by atoms with Gasteiger partial charge in [-0.25, -0.2) is 0 Å². The van der Waals surface area contributed by atoms with Crippen LogP contribution in [-0.4, -0.2) is 39.4 Å². The van der Waals surface area contributed by atoms with Gasteiger partial charge >= 0.3 is 0 Å². The maximum atomic E-state index is 13.4. The average Bonchev–Trinajstić information content (AvgIpc) is 3.35. The molecule has 6 heteroatoms. The van der Waals surface area contributed by atoms with Gasteiger partial charge in [-0.3, -0.25) is 9.48 Å². The van der Waals surface area contributed by atoms with Crippen LogP contribution in [0.2, 0.25) is 0 Å². The Labute approximate surface area is 191 Å². The van der Waals surface area contributed by atoms with Crippen molar-refractivity contribution < 1.29 is 9.90 Å². The highest BCUT2D eigenvalue weighted by Gasteiger charge is 2.61. The fourth-order valence-corrected chi connectivity index (χ4v) is 8.81. The highest BCUT2D eigenvalue weighted by Crippen LogP contribution is 2.64.